The number of hydrogen-bond acceptors (Lipinski definition) is 2. The minimum Gasteiger partial charge on any atom is -0.487 e. The van der Waals surface area contributed by atoms with Crippen LogP contribution >= 0.6 is 0 Å². The highest BCUT2D eigenvalue weighted by atomic mass is 19.4. The van der Waals surface area contributed by atoms with Gasteiger partial charge in [0, 0.05) is 5.54 Å². The Balaban J connectivity index is 1.87. The van der Waals surface area contributed by atoms with E-state index in [-0.39, 0.29) is 23.4 Å². The number of urea groups is 1. The van der Waals surface area contributed by atoms with Crippen molar-refractivity contribution in [2.24, 2.45) is 0 Å². The second kappa shape index (κ2) is 5.70. The van der Waals surface area contributed by atoms with E-state index in [4.69, 9.17) is 4.74 Å². The molecule has 1 aliphatic rings. The zero-order valence-electron chi connectivity index (χ0n) is 12.7. The Morgan fingerprint density at radius 3 is 2.45 bits per heavy atom. The molecule has 1 aromatic rings. The van der Waals surface area contributed by atoms with E-state index >= 15 is 0 Å². The second-order valence-corrected chi connectivity index (χ2v) is 6.35. The molecule has 1 N–H and O–H groups in total. The summed E-state index contributed by atoms with van der Waals surface area (Å²) in [6.45, 7) is 6.35. The lowest BCUT2D eigenvalue weighted by molar-refractivity contribution is -0.137. The molecule has 0 aliphatic carbocycles. The van der Waals surface area contributed by atoms with E-state index in [1.54, 1.807) is 4.90 Å². The molecule has 1 saturated heterocycles. The van der Waals surface area contributed by atoms with E-state index < -0.39 is 11.7 Å². The first-order chi connectivity index (χ1) is 10.0. The van der Waals surface area contributed by atoms with Crippen molar-refractivity contribution in [2.75, 3.05) is 13.1 Å². The number of amides is 2. The zero-order chi connectivity index (χ0) is 16.5. The number of nitrogens with one attached hydrogen (secondary N) is 1. The molecule has 22 heavy (non-hydrogen) atoms. The van der Waals surface area contributed by atoms with Crippen LogP contribution in [0.25, 0.3) is 0 Å². The summed E-state index contributed by atoms with van der Waals surface area (Å²) in [5.41, 5.74) is -1.07. The number of carbonyl (C=O) groups excluding carboxylic acids is 1. The van der Waals surface area contributed by atoms with Gasteiger partial charge in [0.2, 0.25) is 0 Å². The van der Waals surface area contributed by atoms with E-state index in [1.807, 2.05) is 20.8 Å². The van der Waals surface area contributed by atoms with Gasteiger partial charge in [-0.05, 0) is 39.0 Å². The molecule has 7 heteroatoms. The fourth-order valence-electron chi connectivity index (χ4n) is 2.02. The normalized spacial score (nSPS) is 16.2. The predicted octanol–water partition coefficient (Wildman–Crippen LogP) is 3.28. The third-order valence-corrected chi connectivity index (χ3v) is 3.08. The molecule has 2 amide bonds. The summed E-state index contributed by atoms with van der Waals surface area (Å²) in [6.07, 6.45) is -4.67. The summed E-state index contributed by atoms with van der Waals surface area (Å²) in [7, 11) is 0. The van der Waals surface area contributed by atoms with Gasteiger partial charge in [-0.3, -0.25) is 0 Å². The fraction of sp³-hybridized carbons (Fsp3) is 0.533. The SMILES string of the molecule is CC(C)(C)NC(=O)N1CC(Oc2cccc(C(F)(F)F)c2)C1. The number of benzene rings is 1. The van der Waals surface area contributed by atoms with Crippen LogP contribution in [0.3, 0.4) is 0 Å². The molecule has 4 nitrogen and oxygen atoms in total. The van der Waals surface area contributed by atoms with Gasteiger partial charge < -0.3 is 15.0 Å². The van der Waals surface area contributed by atoms with Crippen molar-refractivity contribution in [3.63, 3.8) is 0 Å². The van der Waals surface area contributed by atoms with Crippen LogP contribution in [0.15, 0.2) is 24.3 Å². The van der Waals surface area contributed by atoms with Crippen molar-refractivity contribution in [1.29, 1.82) is 0 Å². The fourth-order valence-corrected chi connectivity index (χ4v) is 2.02. The number of nitrogens with zero attached hydrogens (tertiary/aromatic N) is 1. The Labute approximate surface area is 127 Å². The van der Waals surface area contributed by atoms with Crippen LogP contribution in [-0.4, -0.2) is 35.7 Å². The number of rotatable bonds is 2. The molecule has 1 aromatic carbocycles. The van der Waals surface area contributed by atoms with Crippen LogP contribution in [-0.2, 0) is 6.18 Å². The number of likely N-dealkylation sites (tertiary alicyclic amines) is 1. The Kier molecular flexibility index (Phi) is 4.26. The summed E-state index contributed by atoms with van der Waals surface area (Å²) in [4.78, 5) is 13.4. The molecule has 0 atom stereocenters. The summed E-state index contributed by atoms with van der Waals surface area (Å²) < 4.78 is 43.3. The minimum atomic E-state index is -4.39. The van der Waals surface area contributed by atoms with Crippen molar-refractivity contribution in [3.8, 4) is 5.75 Å². The average molecular weight is 316 g/mol. The number of ether oxygens (including phenoxy) is 1. The Morgan fingerprint density at radius 1 is 1.27 bits per heavy atom. The molecule has 0 aromatic heterocycles. The molecule has 122 valence electrons. The van der Waals surface area contributed by atoms with Crippen LogP contribution in [0.2, 0.25) is 0 Å². The molecule has 1 fully saturated rings. The molecule has 0 unspecified atom stereocenters. The van der Waals surface area contributed by atoms with Crippen LogP contribution in [0.5, 0.6) is 5.75 Å². The molecule has 0 bridgehead atoms. The Morgan fingerprint density at radius 2 is 1.91 bits per heavy atom. The van der Waals surface area contributed by atoms with Crippen LogP contribution < -0.4 is 10.1 Å². The van der Waals surface area contributed by atoms with Crippen LogP contribution in [0.4, 0.5) is 18.0 Å². The third-order valence-electron chi connectivity index (χ3n) is 3.08. The molecule has 0 spiro atoms. The average Bonchev–Trinajstić information content (AvgIpc) is 2.30. The number of hydrogen-bond donors (Lipinski definition) is 1. The molecule has 1 heterocycles. The topological polar surface area (TPSA) is 41.6 Å². The van der Waals surface area contributed by atoms with Gasteiger partial charge in [-0.25, -0.2) is 4.79 Å². The monoisotopic (exact) mass is 316 g/mol. The van der Waals surface area contributed by atoms with Gasteiger partial charge in [0.05, 0.1) is 18.7 Å². The van der Waals surface area contributed by atoms with Crippen molar-refractivity contribution in [2.45, 2.75) is 38.6 Å². The van der Waals surface area contributed by atoms with Gasteiger partial charge in [0.1, 0.15) is 11.9 Å². The maximum absolute atomic E-state index is 12.6. The summed E-state index contributed by atoms with van der Waals surface area (Å²) >= 11 is 0. The molecule has 0 saturated carbocycles. The summed E-state index contributed by atoms with van der Waals surface area (Å²) in [5, 5.41) is 2.82. The quantitative estimate of drug-likeness (QED) is 0.910. The van der Waals surface area contributed by atoms with Crippen molar-refractivity contribution < 1.29 is 22.7 Å². The minimum absolute atomic E-state index is 0.163. The summed E-state index contributed by atoms with van der Waals surface area (Å²) in [6, 6.07) is 4.55. The van der Waals surface area contributed by atoms with Gasteiger partial charge in [-0.2, -0.15) is 13.2 Å². The first kappa shape index (κ1) is 16.5. The number of alkyl halides is 3. The van der Waals surface area contributed by atoms with E-state index in [1.165, 1.54) is 12.1 Å². The van der Waals surface area contributed by atoms with E-state index in [9.17, 15) is 18.0 Å². The van der Waals surface area contributed by atoms with Gasteiger partial charge in [-0.15, -0.1) is 0 Å². The lowest BCUT2D eigenvalue weighted by Gasteiger charge is -2.40. The van der Waals surface area contributed by atoms with Crippen molar-refractivity contribution >= 4 is 6.03 Å². The highest BCUT2D eigenvalue weighted by molar-refractivity contribution is 5.75. The van der Waals surface area contributed by atoms with Crippen molar-refractivity contribution in [3.05, 3.63) is 29.8 Å². The largest absolute Gasteiger partial charge is 0.487 e. The molecule has 1 aliphatic heterocycles. The van der Waals surface area contributed by atoms with Gasteiger partial charge in [0.15, 0.2) is 0 Å². The maximum Gasteiger partial charge on any atom is 0.416 e. The third kappa shape index (κ3) is 4.29. The maximum atomic E-state index is 12.6. The van der Waals surface area contributed by atoms with Crippen molar-refractivity contribution in [1.82, 2.24) is 10.2 Å². The number of carbonyl (C=O) groups is 1. The molecular weight excluding hydrogens is 297 g/mol. The van der Waals surface area contributed by atoms with E-state index in [2.05, 4.69) is 5.32 Å². The first-order valence-corrected chi connectivity index (χ1v) is 6.95. The van der Waals surface area contributed by atoms with E-state index in [0.29, 0.717) is 13.1 Å². The van der Waals surface area contributed by atoms with E-state index in [0.717, 1.165) is 12.1 Å². The Hall–Kier alpha value is -1.92. The number of halogens is 3. The lowest BCUT2D eigenvalue weighted by atomic mass is 10.1. The van der Waals surface area contributed by atoms with Gasteiger partial charge in [-0.1, -0.05) is 6.07 Å². The predicted molar refractivity (Wildman–Crippen MR) is 75.7 cm³/mol. The second-order valence-electron chi connectivity index (χ2n) is 6.35. The Bertz CT molecular complexity index is 546. The standard InChI is InChI=1S/C15H19F3N2O2/c1-14(2,3)19-13(21)20-8-12(9-20)22-11-6-4-5-10(7-11)15(16,17)18/h4-7,12H,8-9H2,1-3H3,(H,19,21). The van der Waals surface area contributed by atoms with Gasteiger partial charge >= 0.3 is 12.2 Å². The lowest BCUT2D eigenvalue weighted by Crippen LogP contribution is -2.61. The molecule has 0 radical (unpaired) electrons. The van der Waals surface area contributed by atoms with Crippen LogP contribution in [0, 0.1) is 0 Å². The van der Waals surface area contributed by atoms with Crippen LogP contribution in [0.1, 0.15) is 26.3 Å². The zero-order valence-corrected chi connectivity index (χ0v) is 12.7. The highest BCUT2D eigenvalue weighted by Gasteiger charge is 2.34. The smallest absolute Gasteiger partial charge is 0.416 e. The molecule has 2 rings (SSSR count). The molecular formula is C15H19F3N2O2. The summed E-state index contributed by atoms with van der Waals surface area (Å²) in [5.74, 6) is 0.163. The van der Waals surface area contributed by atoms with Gasteiger partial charge in [0.25, 0.3) is 0 Å². The highest BCUT2D eigenvalue weighted by Crippen LogP contribution is 2.31. The first-order valence-electron chi connectivity index (χ1n) is 6.95.